The summed E-state index contributed by atoms with van der Waals surface area (Å²) in [5.74, 6) is 1.27. The van der Waals surface area contributed by atoms with Gasteiger partial charge >= 0.3 is 6.18 Å². The van der Waals surface area contributed by atoms with Crippen molar-refractivity contribution >= 4 is 17.3 Å². The summed E-state index contributed by atoms with van der Waals surface area (Å²) in [4.78, 5) is 0. The predicted molar refractivity (Wildman–Crippen MR) is 112 cm³/mol. The van der Waals surface area contributed by atoms with Gasteiger partial charge in [0.25, 0.3) is 0 Å². The minimum atomic E-state index is -4.52. The van der Waals surface area contributed by atoms with E-state index in [1.165, 1.54) is 6.07 Å². The average Bonchev–Trinajstić information content (AvgIpc) is 3.20. The number of anilines is 1. The lowest BCUT2D eigenvalue weighted by atomic mass is 10.1. The second-order valence-corrected chi connectivity index (χ2v) is 7.05. The third-order valence-corrected chi connectivity index (χ3v) is 4.82. The zero-order chi connectivity index (χ0) is 21.3. The van der Waals surface area contributed by atoms with Crippen LogP contribution in [0.2, 0.25) is 5.02 Å². The number of nitrogens with two attached hydrogens (primary N) is 1. The van der Waals surface area contributed by atoms with E-state index in [4.69, 9.17) is 22.1 Å². The number of halogens is 4. The Kier molecular flexibility index (Phi) is 5.18. The molecule has 152 valence electrons. The standard InChI is InChI=1S/C23H16ClF3N2O/c24-16-4-8-18(9-5-16)30-19-10-6-17(7-11-19)29-13-1-2-22(29)15-3-12-21(28)20(14-15)23(25,26)27/h1-14H,28H2. The first kappa shape index (κ1) is 19.9. The highest BCUT2D eigenvalue weighted by atomic mass is 35.5. The number of nitrogen functional groups attached to an aromatic ring is 1. The first-order valence-corrected chi connectivity index (χ1v) is 9.37. The first-order valence-electron chi connectivity index (χ1n) is 8.99. The van der Waals surface area contributed by atoms with E-state index in [0.717, 1.165) is 11.8 Å². The molecule has 2 N–H and O–H groups in total. The van der Waals surface area contributed by atoms with E-state index in [2.05, 4.69) is 0 Å². The Morgan fingerprint density at radius 3 is 2.10 bits per heavy atom. The maximum atomic E-state index is 13.2. The van der Waals surface area contributed by atoms with Crippen molar-refractivity contribution in [2.75, 3.05) is 5.73 Å². The van der Waals surface area contributed by atoms with Gasteiger partial charge in [0.05, 0.1) is 11.3 Å². The second-order valence-electron chi connectivity index (χ2n) is 6.61. The molecule has 0 bridgehead atoms. The highest BCUT2D eigenvalue weighted by molar-refractivity contribution is 6.30. The Labute approximate surface area is 176 Å². The lowest BCUT2D eigenvalue weighted by molar-refractivity contribution is -0.136. The maximum absolute atomic E-state index is 13.2. The smallest absolute Gasteiger partial charge is 0.418 e. The van der Waals surface area contributed by atoms with Crippen LogP contribution in [0.15, 0.2) is 85.1 Å². The van der Waals surface area contributed by atoms with Crippen molar-refractivity contribution in [1.82, 2.24) is 4.57 Å². The van der Waals surface area contributed by atoms with E-state index in [0.29, 0.717) is 27.8 Å². The van der Waals surface area contributed by atoms with Gasteiger partial charge in [-0.3, -0.25) is 0 Å². The van der Waals surface area contributed by atoms with Gasteiger partial charge < -0.3 is 15.0 Å². The maximum Gasteiger partial charge on any atom is 0.418 e. The van der Waals surface area contributed by atoms with Gasteiger partial charge in [0.1, 0.15) is 11.5 Å². The molecule has 0 atom stereocenters. The molecule has 0 aliphatic carbocycles. The summed E-state index contributed by atoms with van der Waals surface area (Å²) in [6.45, 7) is 0. The number of alkyl halides is 3. The van der Waals surface area contributed by atoms with Gasteiger partial charge in [-0.25, -0.2) is 0 Å². The summed E-state index contributed by atoms with van der Waals surface area (Å²) in [5.41, 5.74) is 6.19. The summed E-state index contributed by atoms with van der Waals surface area (Å²) in [6.07, 6.45) is -2.73. The number of nitrogens with zero attached hydrogens (tertiary/aromatic N) is 1. The van der Waals surface area contributed by atoms with Crippen LogP contribution in [0.4, 0.5) is 18.9 Å². The van der Waals surface area contributed by atoms with Crippen LogP contribution in [0.5, 0.6) is 11.5 Å². The van der Waals surface area contributed by atoms with Crippen LogP contribution in [0.1, 0.15) is 5.56 Å². The fourth-order valence-electron chi connectivity index (χ4n) is 3.12. The summed E-state index contributed by atoms with van der Waals surface area (Å²) in [6, 6.07) is 21.7. The van der Waals surface area contributed by atoms with Gasteiger partial charge in [0.15, 0.2) is 0 Å². The predicted octanol–water partition coefficient (Wildman–Crippen LogP) is 7.19. The van der Waals surface area contributed by atoms with E-state index in [1.807, 2.05) is 12.1 Å². The minimum Gasteiger partial charge on any atom is -0.457 e. The Bertz CT molecular complexity index is 1170. The molecule has 0 aliphatic rings. The van der Waals surface area contributed by atoms with E-state index in [1.54, 1.807) is 65.4 Å². The van der Waals surface area contributed by atoms with Gasteiger partial charge in [-0.2, -0.15) is 13.2 Å². The van der Waals surface area contributed by atoms with E-state index >= 15 is 0 Å². The van der Waals surface area contributed by atoms with Gasteiger partial charge in [0.2, 0.25) is 0 Å². The number of hydrogen-bond acceptors (Lipinski definition) is 2. The molecule has 0 spiro atoms. The molecule has 0 radical (unpaired) electrons. The number of rotatable bonds is 4. The normalized spacial score (nSPS) is 11.5. The molecule has 1 aromatic heterocycles. The summed E-state index contributed by atoms with van der Waals surface area (Å²) in [7, 11) is 0. The van der Waals surface area contributed by atoms with Crippen LogP contribution < -0.4 is 10.5 Å². The number of ether oxygens (including phenoxy) is 1. The zero-order valence-corrected chi connectivity index (χ0v) is 16.3. The van der Waals surface area contributed by atoms with Crippen LogP contribution in [-0.2, 0) is 6.18 Å². The molecule has 1 heterocycles. The van der Waals surface area contributed by atoms with Crippen LogP contribution in [0.25, 0.3) is 16.9 Å². The first-order chi connectivity index (χ1) is 14.3. The summed E-state index contributed by atoms with van der Waals surface area (Å²) < 4.78 is 47.3. The lowest BCUT2D eigenvalue weighted by Gasteiger charge is -2.14. The van der Waals surface area contributed by atoms with Crippen LogP contribution in [-0.4, -0.2) is 4.57 Å². The molecule has 0 saturated carbocycles. The van der Waals surface area contributed by atoms with Crippen LogP contribution >= 0.6 is 11.6 Å². The van der Waals surface area contributed by atoms with Crippen LogP contribution in [0, 0.1) is 0 Å². The second kappa shape index (κ2) is 7.80. The van der Waals surface area contributed by atoms with Crippen molar-refractivity contribution in [2.24, 2.45) is 0 Å². The van der Waals surface area contributed by atoms with Crippen molar-refractivity contribution in [2.45, 2.75) is 6.18 Å². The molecular weight excluding hydrogens is 413 g/mol. The molecule has 0 fully saturated rings. The molecular formula is C23H16ClF3N2O. The monoisotopic (exact) mass is 428 g/mol. The molecule has 7 heteroatoms. The Morgan fingerprint density at radius 2 is 1.47 bits per heavy atom. The fourth-order valence-corrected chi connectivity index (χ4v) is 3.24. The SMILES string of the molecule is Nc1ccc(-c2cccn2-c2ccc(Oc3ccc(Cl)cc3)cc2)cc1C(F)(F)F. The van der Waals surface area contributed by atoms with Crippen molar-refractivity contribution in [3.63, 3.8) is 0 Å². The summed E-state index contributed by atoms with van der Waals surface area (Å²) in [5, 5.41) is 0.620. The molecule has 3 nitrogen and oxygen atoms in total. The van der Waals surface area contributed by atoms with Gasteiger partial charge in [-0.15, -0.1) is 0 Å². The number of benzene rings is 3. The van der Waals surface area contributed by atoms with E-state index < -0.39 is 11.7 Å². The molecule has 0 amide bonds. The molecule has 0 aliphatic heterocycles. The highest BCUT2D eigenvalue weighted by Gasteiger charge is 2.33. The molecule has 30 heavy (non-hydrogen) atoms. The zero-order valence-electron chi connectivity index (χ0n) is 15.5. The third-order valence-electron chi connectivity index (χ3n) is 4.57. The molecule has 3 aromatic carbocycles. The summed E-state index contributed by atoms with van der Waals surface area (Å²) >= 11 is 5.87. The largest absolute Gasteiger partial charge is 0.457 e. The van der Waals surface area contributed by atoms with Gasteiger partial charge in [-0.05, 0) is 78.4 Å². The van der Waals surface area contributed by atoms with Gasteiger partial charge in [-0.1, -0.05) is 17.7 Å². The van der Waals surface area contributed by atoms with Crippen molar-refractivity contribution < 1.29 is 17.9 Å². The third kappa shape index (κ3) is 4.14. The van der Waals surface area contributed by atoms with Crippen molar-refractivity contribution in [3.8, 4) is 28.4 Å². The van der Waals surface area contributed by atoms with Crippen molar-refractivity contribution in [3.05, 3.63) is 95.6 Å². The number of aromatic nitrogens is 1. The Balaban J connectivity index is 1.63. The quantitative estimate of drug-likeness (QED) is 0.349. The van der Waals surface area contributed by atoms with E-state index in [-0.39, 0.29) is 5.69 Å². The van der Waals surface area contributed by atoms with E-state index in [9.17, 15) is 13.2 Å². The van der Waals surface area contributed by atoms with Crippen LogP contribution in [0.3, 0.4) is 0 Å². The number of hydrogen-bond donors (Lipinski definition) is 1. The Hall–Kier alpha value is -3.38. The molecule has 4 rings (SSSR count). The van der Waals surface area contributed by atoms with Crippen molar-refractivity contribution in [1.29, 1.82) is 0 Å². The lowest BCUT2D eigenvalue weighted by Crippen LogP contribution is -2.09. The fraction of sp³-hybridized carbons (Fsp3) is 0.0435. The minimum absolute atomic E-state index is 0.298. The highest BCUT2D eigenvalue weighted by Crippen LogP contribution is 2.37. The average molecular weight is 429 g/mol. The van der Waals surface area contributed by atoms with Gasteiger partial charge in [0, 0.05) is 22.6 Å². The molecule has 0 saturated heterocycles. The topological polar surface area (TPSA) is 40.2 Å². The molecule has 4 aromatic rings. The molecule has 0 unspecified atom stereocenters. The Morgan fingerprint density at radius 1 is 0.833 bits per heavy atom.